The van der Waals surface area contributed by atoms with E-state index in [1.807, 2.05) is 46.8 Å². The lowest BCUT2D eigenvalue weighted by atomic mass is 10.2. The van der Waals surface area contributed by atoms with E-state index in [-0.39, 0.29) is 35.8 Å². The lowest BCUT2D eigenvalue weighted by molar-refractivity contribution is -0.385. The second kappa shape index (κ2) is 11.7. The van der Waals surface area contributed by atoms with Crippen molar-refractivity contribution >= 4 is 21.6 Å². The first-order valence-corrected chi connectivity index (χ1v) is 13.8. The summed E-state index contributed by atoms with van der Waals surface area (Å²) in [5.74, 6) is -0.429. The topological polar surface area (TPSA) is 145 Å². The molecule has 0 unspecified atom stereocenters. The van der Waals surface area contributed by atoms with Gasteiger partial charge in [0.25, 0.3) is 11.6 Å². The van der Waals surface area contributed by atoms with E-state index in [9.17, 15) is 23.3 Å². The lowest BCUT2D eigenvalue weighted by Crippen LogP contribution is -2.32. The van der Waals surface area contributed by atoms with Crippen LogP contribution < -0.4 is 14.8 Å². The number of amides is 1. The van der Waals surface area contributed by atoms with Crippen LogP contribution in [-0.2, 0) is 10.0 Å². The van der Waals surface area contributed by atoms with Crippen LogP contribution >= 0.6 is 0 Å². The van der Waals surface area contributed by atoms with Gasteiger partial charge in [-0.1, -0.05) is 38.5 Å². The van der Waals surface area contributed by atoms with E-state index >= 15 is 0 Å². The maximum absolute atomic E-state index is 13.2. The summed E-state index contributed by atoms with van der Waals surface area (Å²) in [6.07, 6.45) is 0.722. The molecule has 0 fully saturated rings. The molecule has 3 aromatic rings. The number of nitro groups is 1. The zero-order valence-electron chi connectivity index (χ0n) is 22.3. The van der Waals surface area contributed by atoms with Gasteiger partial charge in [-0.25, -0.2) is 13.1 Å². The number of ether oxygens (including phenoxy) is 1. The van der Waals surface area contributed by atoms with Gasteiger partial charge in [0.2, 0.25) is 15.9 Å². The van der Waals surface area contributed by atoms with Crippen molar-refractivity contribution in [2.75, 3.05) is 6.54 Å². The van der Waals surface area contributed by atoms with Crippen LogP contribution in [0.15, 0.2) is 47.4 Å². The first-order chi connectivity index (χ1) is 17.8. The second-order valence-corrected chi connectivity index (χ2v) is 11.3. The Balaban J connectivity index is 2.18. The highest BCUT2D eigenvalue weighted by atomic mass is 32.2. The van der Waals surface area contributed by atoms with Crippen molar-refractivity contribution in [1.29, 1.82) is 0 Å². The molecule has 12 heteroatoms. The van der Waals surface area contributed by atoms with Crippen LogP contribution in [0.3, 0.4) is 0 Å². The van der Waals surface area contributed by atoms with Gasteiger partial charge in [0, 0.05) is 30.3 Å². The predicted molar refractivity (Wildman–Crippen MR) is 143 cm³/mol. The minimum atomic E-state index is -4.18. The summed E-state index contributed by atoms with van der Waals surface area (Å²) in [7, 11) is -4.18. The Labute approximate surface area is 222 Å². The number of sulfonamides is 1. The molecule has 1 aromatic heterocycles. The molecule has 0 aliphatic heterocycles. The standard InChI is InChI=1S/C26H33N5O6S/c1-7-18(5)28-25(32)24-19(6)26(30(29-24)20-10-8-17(4)9-11-20)37-22-13-12-21(31(33)34)14-23(22)38(35,36)27-15-16(2)3/h8-14,16,18,27H,7,15H2,1-6H3,(H,28,32)/t18-/m1/s1. The SMILES string of the molecule is CC[C@@H](C)NC(=O)c1nn(-c2ccc(C)cc2)c(Oc2ccc([N+](=O)[O-])cc2S(=O)(=O)NCC(C)C)c1C. The molecule has 1 heterocycles. The van der Waals surface area contributed by atoms with Gasteiger partial charge in [-0.2, -0.15) is 9.78 Å². The molecule has 2 aromatic carbocycles. The van der Waals surface area contributed by atoms with Crippen molar-refractivity contribution in [3.8, 4) is 17.3 Å². The van der Waals surface area contributed by atoms with Crippen molar-refractivity contribution in [2.45, 2.75) is 58.9 Å². The number of non-ortho nitro benzene ring substituents is 1. The van der Waals surface area contributed by atoms with Crippen LogP contribution in [0.1, 0.15) is 55.7 Å². The summed E-state index contributed by atoms with van der Waals surface area (Å²) in [4.78, 5) is 23.4. The molecular weight excluding hydrogens is 510 g/mol. The fourth-order valence-corrected chi connectivity index (χ4v) is 4.79. The number of aryl methyl sites for hydroxylation is 1. The number of aromatic nitrogens is 2. The van der Waals surface area contributed by atoms with Gasteiger partial charge in [-0.05, 0) is 51.3 Å². The number of nitro benzene ring substituents is 1. The molecule has 0 bridgehead atoms. The number of rotatable bonds is 11. The average molecular weight is 544 g/mol. The summed E-state index contributed by atoms with van der Waals surface area (Å²) < 4.78 is 36.3. The monoisotopic (exact) mass is 543 g/mol. The van der Waals surface area contributed by atoms with Crippen molar-refractivity contribution in [1.82, 2.24) is 19.8 Å². The van der Waals surface area contributed by atoms with Crippen LogP contribution in [0.25, 0.3) is 5.69 Å². The van der Waals surface area contributed by atoms with Crippen molar-refractivity contribution in [3.05, 3.63) is 69.4 Å². The highest BCUT2D eigenvalue weighted by Crippen LogP contribution is 2.35. The molecule has 204 valence electrons. The van der Waals surface area contributed by atoms with E-state index in [2.05, 4.69) is 15.1 Å². The van der Waals surface area contributed by atoms with E-state index in [0.29, 0.717) is 11.3 Å². The summed E-state index contributed by atoms with van der Waals surface area (Å²) >= 11 is 0. The van der Waals surface area contributed by atoms with Gasteiger partial charge in [0.1, 0.15) is 10.6 Å². The third-order valence-electron chi connectivity index (χ3n) is 5.87. The third-order valence-corrected chi connectivity index (χ3v) is 7.31. The number of nitrogens with zero attached hydrogens (tertiary/aromatic N) is 3. The number of hydrogen-bond acceptors (Lipinski definition) is 7. The van der Waals surface area contributed by atoms with Crippen LogP contribution in [0.2, 0.25) is 0 Å². The van der Waals surface area contributed by atoms with Gasteiger partial charge >= 0.3 is 0 Å². The van der Waals surface area contributed by atoms with Crippen molar-refractivity contribution in [3.63, 3.8) is 0 Å². The van der Waals surface area contributed by atoms with Gasteiger partial charge in [-0.15, -0.1) is 0 Å². The van der Waals surface area contributed by atoms with Gasteiger partial charge in [0.15, 0.2) is 5.69 Å². The maximum Gasteiger partial charge on any atom is 0.272 e. The fourth-order valence-electron chi connectivity index (χ4n) is 3.43. The Morgan fingerprint density at radius 1 is 1.13 bits per heavy atom. The molecule has 11 nitrogen and oxygen atoms in total. The van der Waals surface area contributed by atoms with E-state index in [4.69, 9.17) is 4.74 Å². The van der Waals surface area contributed by atoms with Gasteiger partial charge in [0.05, 0.1) is 10.6 Å². The zero-order valence-corrected chi connectivity index (χ0v) is 23.1. The Bertz CT molecular complexity index is 1430. The minimum absolute atomic E-state index is 0.00429. The van der Waals surface area contributed by atoms with Crippen molar-refractivity contribution in [2.24, 2.45) is 5.92 Å². The summed E-state index contributed by atoms with van der Waals surface area (Å²) in [5, 5.41) is 18.8. The van der Waals surface area contributed by atoms with Crippen LogP contribution in [0.5, 0.6) is 11.6 Å². The molecule has 0 aliphatic carbocycles. The molecule has 0 saturated carbocycles. The Hall–Kier alpha value is -3.77. The number of hydrogen-bond donors (Lipinski definition) is 2. The summed E-state index contributed by atoms with van der Waals surface area (Å²) in [6, 6.07) is 10.6. The van der Waals surface area contributed by atoms with E-state index < -0.39 is 31.4 Å². The molecule has 0 saturated heterocycles. The summed E-state index contributed by atoms with van der Waals surface area (Å²) in [5.41, 5.74) is 1.68. The normalized spacial score (nSPS) is 12.4. The Morgan fingerprint density at radius 3 is 2.37 bits per heavy atom. The molecular formula is C26H33N5O6S. The van der Waals surface area contributed by atoms with Gasteiger partial charge < -0.3 is 10.1 Å². The fraction of sp³-hybridized carbons (Fsp3) is 0.385. The van der Waals surface area contributed by atoms with Crippen molar-refractivity contribution < 1.29 is 22.9 Å². The lowest BCUT2D eigenvalue weighted by Gasteiger charge is -2.15. The molecule has 3 rings (SSSR count). The number of carbonyl (C=O) groups is 1. The summed E-state index contributed by atoms with van der Waals surface area (Å²) in [6.45, 7) is 11.2. The second-order valence-electron chi connectivity index (χ2n) is 9.54. The Kier molecular flexibility index (Phi) is 8.89. The molecule has 0 spiro atoms. The quantitative estimate of drug-likeness (QED) is 0.264. The molecule has 38 heavy (non-hydrogen) atoms. The highest BCUT2D eigenvalue weighted by Gasteiger charge is 2.28. The molecule has 0 radical (unpaired) electrons. The smallest absolute Gasteiger partial charge is 0.272 e. The van der Waals surface area contributed by atoms with E-state index in [1.165, 1.54) is 10.7 Å². The largest absolute Gasteiger partial charge is 0.437 e. The van der Waals surface area contributed by atoms with Crippen LogP contribution in [0.4, 0.5) is 5.69 Å². The Morgan fingerprint density at radius 2 is 1.79 bits per heavy atom. The third kappa shape index (κ3) is 6.56. The zero-order chi connectivity index (χ0) is 28.2. The molecule has 0 aliphatic rings. The van der Waals surface area contributed by atoms with Gasteiger partial charge in [-0.3, -0.25) is 14.9 Å². The highest BCUT2D eigenvalue weighted by molar-refractivity contribution is 7.89. The predicted octanol–water partition coefficient (Wildman–Crippen LogP) is 4.65. The molecule has 2 N–H and O–H groups in total. The van der Waals surface area contributed by atoms with Crippen LogP contribution in [-0.4, -0.2) is 41.6 Å². The van der Waals surface area contributed by atoms with Crippen LogP contribution in [0, 0.1) is 29.9 Å². The maximum atomic E-state index is 13.2. The van der Waals surface area contributed by atoms with E-state index in [1.54, 1.807) is 19.1 Å². The molecule has 1 amide bonds. The molecule has 1 atom stereocenters. The number of benzene rings is 2. The van der Waals surface area contributed by atoms with E-state index in [0.717, 1.165) is 24.1 Å². The first kappa shape index (κ1) is 28.8. The minimum Gasteiger partial charge on any atom is -0.437 e. The number of carbonyl (C=O) groups excluding carboxylic acids is 1. The number of nitrogens with one attached hydrogen (secondary N) is 2. The first-order valence-electron chi connectivity index (χ1n) is 12.3. The average Bonchev–Trinajstić information content (AvgIpc) is 3.19.